The van der Waals surface area contributed by atoms with Crippen molar-refractivity contribution in [2.45, 2.75) is 59.9 Å². The molecule has 2 aromatic carbocycles. The molecule has 0 aromatic heterocycles. The normalized spacial score (nSPS) is 20.9. The van der Waals surface area contributed by atoms with Crippen LogP contribution in [0.25, 0.3) is 0 Å². The Kier molecular flexibility index (Phi) is 7.47. The van der Waals surface area contributed by atoms with Gasteiger partial charge in [0.1, 0.15) is 0 Å². The molecule has 10 nitrogen and oxygen atoms in total. The Morgan fingerprint density at radius 1 is 0.889 bits per heavy atom. The summed E-state index contributed by atoms with van der Waals surface area (Å²) in [6.07, 6.45) is 2.13. The number of nitro groups is 2. The summed E-state index contributed by atoms with van der Waals surface area (Å²) in [5.74, 6) is -0.744. The number of amides is 2. The fourth-order valence-corrected chi connectivity index (χ4v) is 5.66. The second-order valence-corrected chi connectivity index (χ2v) is 10.8. The number of nitrogens with zero attached hydrogens (tertiary/aromatic N) is 2. The summed E-state index contributed by atoms with van der Waals surface area (Å²) in [7, 11) is 0. The molecular weight excluding hydrogens is 464 g/mol. The van der Waals surface area contributed by atoms with E-state index in [1.165, 1.54) is 24.3 Å². The molecule has 36 heavy (non-hydrogen) atoms. The summed E-state index contributed by atoms with van der Waals surface area (Å²) in [6.45, 7) is 9.71. The van der Waals surface area contributed by atoms with E-state index >= 15 is 0 Å². The fraction of sp³-hybridized carbons (Fsp3) is 0.462. The quantitative estimate of drug-likeness (QED) is 0.413. The van der Waals surface area contributed by atoms with Crippen LogP contribution in [0.5, 0.6) is 0 Å². The minimum Gasteiger partial charge on any atom is -0.351 e. The minimum absolute atomic E-state index is 0.101. The van der Waals surface area contributed by atoms with Crippen LogP contribution in [0.2, 0.25) is 0 Å². The molecule has 0 unspecified atom stereocenters. The Morgan fingerprint density at radius 2 is 1.39 bits per heavy atom. The minimum atomic E-state index is -0.507. The van der Waals surface area contributed by atoms with Crippen LogP contribution in [0.15, 0.2) is 36.4 Å². The summed E-state index contributed by atoms with van der Waals surface area (Å²) in [5, 5.41) is 28.5. The summed E-state index contributed by atoms with van der Waals surface area (Å²) < 4.78 is 0. The maximum Gasteiger partial charge on any atom is 0.273 e. The van der Waals surface area contributed by atoms with Gasteiger partial charge >= 0.3 is 0 Å². The van der Waals surface area contributed by atoms with Gasteiger partial charge in [0.25, 0.3) is 23.2 Å². The zero-order valence-corrected chi connectivity index (χ0v) is 21.2. The fourth-order valence-electron chi connectivity index (χ4n) is 5.66. The van der Waals surface area contributed by atoms with E-state index in [1.807, 2.05) is 6.92 Å². The number of nitro benzene ring substituents is 2. The van der Waals surface area contributed by atoms with Crippen LogP contribution in [-0.4, -0.2) is 34.2 Å². The predicted molar refractivity (Wildman–Crippen MR) is 135 cm³/mol. The van der Waals surface area contributed by atoms with Crippen molar-refractivity contribution in [3.8, 4) is 0 Å². The van der Waals surface area contributed by atoms with Crippen LogP contribution in [0.1, 0.15) is 71.9 Å². The third-order valence-electron chi connectivity index (χ3n) is 6.95. The van der Waals surface area contributed by atoms with E-state index < -0.39 is 9.85 Å². The van der Waals surface area contributed by atoms with Crippen LogP contribution < -0.4 is 10.6 Å². The monoisotopic (exact) mass is 496 g/mol. The SMILES string of the molecule is Cc1c(C(=O)NC[C@@]2(C)C[C@@H](NC(=O)c3cccc([N+](=O)[O-])c3C)CC(C)(C)C2)cccc1[N+](=O)[O-]. The lowest BCUT2D eigenvalue weighted by Crippen LogP contribution is -2.50. The number of hydrogen-bond acceptors (Lipinski definition) is 6. The number of rotatable bonds is 7. The van der Waals surface area contributed by atoms with Gasteiger partial charge in [-0.05, 0) is 56.1 Å². The van der Waals surface area contributed by atoms with Crippen molar-refractivity contribution >= 4 is 23.2 Å². The topological polar surface area (TPSA) is 144 Å². The predicted octanol–water partition coefficient (Wildman–Crippen LogP) is 4.86. The average molecular weight is 497 g/mol. The molecule has 0 heterocycles. The molecule has 0 bridgehead atoms. The Hall–Kier alpha value is -3.82. The largest absolute Gasteiger partial charge is 0.351 e. The zero-order valence-electron chi connectivity index (χ0n) is 21.2. The van der Waals surface area contributed by atoms with Gasteiger partial charge in [0.05, 0.1) is 9.85 Å². The number of benzene rings is 2. The first-order chi connectivity index (χ1) is 16.7. The Labute approximate surface area is 209 Å². The van der Waals surface area contributed by atoms with Gasteiger partial charge < -0.3 is 10.6 Å². The van der Waals surface area contributed by atoms with E-state index in [0.29, 0.717) is 24.1 Å². The van der Waals surface area contributed by atoms with Gasteiger partial charge in [0.2, 0.25) is 0 Å². The lowest BCUT2D eigenvalue weighted by atomic mass is 9.62. The number of carbonyl (C=O) groups excluding carboxylic acids is 2. The first-order valence-corrected chi connectivity index (χ1v) is 11.8. The first kappa shape index (κ1) is 26.8. The average Bonchev–Trinajstić information content (AvgIpc) is 2.76. The highest BCUT2D eigenvalue weighted by molar-refractivity contribution is 5.97. The van der Waals surface area contributed by atoms with E-state index in [1.54, 1.807) is 26.0 Å². The van der Waals surface area contributed by atoms with Crippen molar-refractivity contribution in [3.05, 3.63) is 78.9 Å². The van der Waals surface area contributed by atoms with Crippen LogP contribution >= 0.6 is 0 Å². The molecule has 192 valence electrons. The second-order valence-electron chi connectivity index (χ2n) is 10.8. The van der Waals surface area contributed by atoms with Gasteiger partial charge in [-0.2, -0.15) is 0 Å². The third-order valence-corrected chi connectivity index (χ3v) is 6.95. The Morgan fingerprint density at radius 3 is 1.89 bits per heavy atom. The maximum absolute atomic E-state index is 13.0. The molecule has 1 fully saturated rings. The lowest BCUT2D eigenvalue weighted by Gasteiger charge is -2.47. The summed E-state index contributed by atoms with van der Waals surface area (Å²) in [4.78, 5) is 47.4. The van der Waals surface area contributed by atoms with Crippen molar-refractivity contribution in [1.82, 2.24) is 10.6 Å². The molecule has 10 heteroatoms. The standard InChI is InChI=1S/C26H32N4O6/c1-16-19(8-6-10-21(16)29(33)34)23(31)27-15-26(5)13-18(12-25(3,4)14-26)28-24(32)20-9-7-11-22(17(20)2)30(35)36/h6-11,18H,12-15H2,1-5H3,(H,27,31)(H,28,32)/t18-,26-/m0/s1. The molecule has 2 atom stereocenters. The van der Waals surface area contributed by atoms with Gasteiger partial charge in [-0.15, -0.1) is 0 Å². The summed E-state index contributed by atoms with van der Waals surface area (Å²) >= 11 is 0. The zero-order chi connectivity index (χ0) is 26.8. The van der Waals surface area contributed by atoms with Gasteiger partial charge in [0, 0.05) is 47.0 Å². The molecule has 1 aliphatic rings. The van der Waals surface area contributed by atoms with Crippen molar-refractivity contribution in [2.75, 3.05) is 6.54 Å². The molecule has 0 aliphatic heterocycles. The molecule has 2 N–H and O–H groups in total. The molecule has 1 aliphatic carbocycles. The van der Waals surface area contributed by atoms with E-state index in [9.17, 15) is 29.8 Å². The Balaban J connectivity index is 1.74. The number of carbonyl (C=O) groups is 2. The molecule has 2 amide bonds. The summed E-state index contributed by atoms with van der Waals surface area (Å²) in [6, 6.07) is 8.68. The van der Waals surface area contributed by atoms with Gasteiger partial charge in [-0.1, -0.05) is 32.9 Å². The maximum atomic E-state index is 13.0. The molecule has 0 saturated heterocycles. The highest BCUT2D eigenvalue weighted by Crippen LogP contribution is 2.46. The van der Waals surface area contributed by atoms with Gasteiger partial charge in [-0.25, -0.2) is 0 Å². The van der Waals surface area contributed by atoms with Crippen LogP contribution in [0.3, 0.4) is 0 Å². The smallest absolute Gasteiger partial charge is 0.273 e. The molecule has 0 spiro atoms. The van der Waals surface area contributed by atoms with Gasteiger partial charge in [0.15, 0.2) is 0 Å². The summed E-state index contributed by atoms with van der Waals surface area (Å²) in [5.41, 5.74) is 0.473. The van der Waals surface area contributed by atoms with Crippen molar-refractivity contribution < 1.29 is 19.4 Å². The molecular formula is C26H32N4O6. The molecule has 2 aromatic rings. The molecule has 1 saturated carbocycles. The molecule has 3 rings (SSSR count). The van der Waals surface area contributed by atoms with Crippen molar-refractivity contribution in [3.63, 3.8) is 0 Å². The first-order valence-electron chi connectivity index (χ1n) is 11.8. The molecule has 0 radical (unpaired) electrons. The third kappa shape index (κ3) is 5.87. The number of hydrogen-bond donors (Lipinski definition) is 2. The van der Waals surface area contributed by atoms with Crippen LogP contribution in [-0.2, 0) is 0 Å². The van der Waals surface area contributed by atoms with Crippen molar-refractivity contribution in [2.24, 2.45) is 10.8 Å². The highest BCUT2D eigenvalue weighted by Gasteiger charge is 2.42. The highest BCUT2D eigenvalue weighted by atomic mass is 16.6. The van der Waals surface area contributed by atoms with E-state index in [-0.39, 0.29) is 51.2 Å². The van der Waals surface area contributed by atoms with E-state index in [2.05, 4.69) is 24.5 Å². The van der Waals surface area contributed by atoms with Gasteiger partial charge in [-0.3, -0.25) is 29.8 Å². The number of nitrogens with one attached hydrogen (secondary N) is 2. The van der Waals surface area contributed by atoms with Crippen LogP contribution in [0.4, 0.5) is 11.4 Å². The van der Waals surface area contributed by atoms with E-state index in [0.717, 1.165) is 12.8 Å². The second kappa shape index (κ2) is 10.0. The van der Waals surface area contributed by atoms with E-state index in [4.69, 9.17) is 0 Å². The Bertz CT molecular complexity index is 1220. The van der Waals surface area contributed by atoms with Crippen LogP contribution in [0, 0.1) is 44.9 Å². The van der Waals surface area contributed by atoms with Crippen molar-refractivity contribution in [1.29, 1.82) is 0 Å². The lowest BCUT2D eigenvalue weighted by molar-refractivity contribution is -0.385.